The third-order valence-electron chi connectivity index (χ3n) is 4.69. The molecular formula is C15H29NO2. The quantitative estimate of drug-likeness (QED) is 0.840. The molecule has 2 rings (SSSR count). The number of hydrogen-bond donors (Lipinski definition) is 1. The minimum Gasteiger partial charge on any atom is -0.391 e. The van der Waals surface area contributed by atoms with E-state index in [1.54, 1.807) is 0 Å². The van der Waals surface area contributed by atoms with Gasteiger partial charge in [-0.15, -0.1) is 0 Å². The highest BCUT2D eigenvalue weighted by Gasteiger charge is 2.36. The number of hydrogen-bond acceptors (Lipinski definition) is 3. The van der Waals surface area contributed by atoms with Gasteiger partial charge in [0, 0.05) is 19.2 Å². The maximum absolute atomic E-state index is 10.2. The van der Waals surface area contributed by atoms with Crippen molar-refractivity contribution >= 4 is 0 Å². The van der Waals surface area contributed by atoms with Gasteiger partial charge in [0.1, 0.15) is 0 Å². The maximum atomic E-state index is 10.2. The molecule has 3 nitrogen and oxygen atoms in total. The van der Waals surface area contributed by atoms with E-state index in [-0.39, 0.29) is 6.10 Å². The van der Waals surface area contributed by atoms with Crippen LogP contribution in [0.5, 0.6) is 0 Å². The summed E-state index contributed by atoms with van der Waals surface area (Å²) < 4.78 is 5.55. The zero-order chi connectivity index (χ0) is 13.2. The van der Waals surface area contributed by atoms with Crippen LogP contribution < -0.4 is 0 Å². The van der Waals surface area contributed by atoms with Crippen molar-refractivity contribution in [1.29, 1.82) is 0 Å². The molecule has 1 heterocycles. The molecule has 0 spiro atoms. The standard InChI is InChI=1S/C15H29NO2/c1-15(2)7-6-14(17)13(9-15)16(3)10-12-5-4-8-18-11-12/h12-14,17H,4-11H2,1-3H3. The molecule has 0 aromatic heterocycles. The molecule has 3 unspecified atom stereocenters. The Bertz CT molecular complexity index is 261. The van der Waals surface area contributed by atoms with Crippen LogP contribution in [0.3, 0.4) is 0 Å². The van der Waals surface area contributed by atoms with E-state index in [4.69, 9.17) is 4.74 Å². The molecule has 2 fully saturated rings. The van der Waals surface area contributed by atoms with E-state index in [1.165, 1.54) is 12.8 Å². The van der Waals surface area contributed by atoms with E-state index < -0.39 is 0 Å². The number of nitrogens with zero attached hydrogens (tertiary/aromatic N) is 1. The zero-order valence-corrected chi connectivity index (χ0v) is 12.2. The van der Waals surface area contributed by atoms with Gasteiger partial charge < -0.3 is 14.7 Å². The van der Waals surface area contributed by atoms with Crippen LogP contribution in [0.1, 0.15) is 46.0 Å². The van der Waals surface area contributed by atoms with Gasteiger partial charge in [0.15, 0.2) is 0 Å². The molecular weight excluding hydrogens is 226 g/mol. The first-order chi connectivity index (χ1) is 8.48. The Morgan fingerprint density at radius 3 is 2.78 bits per heavy atom. The van der Waals surface area contributed by atoms with Gasteiger partial charge in [-0.2, -0.15) is 0 Å². The molecule has 18 heavy (non-hydrogen) atoms. The number of aliphatic hydroxyl groups excluding tert-OH is 1. The van der Waals surface area contributed by atoms with Crippen LogP contribution in [-0.2, 0) is 4.74 Å². The number of aliphatic hydroxyl groups is 1. The van der Waals surface area contributed by atoms with Crippen molar-refractivity contribution in [3.63, 3.8) is 0 Å². The molecule has 2 aliphatic rings. The van der Waals surface area contributed by atoms with Crippen molar-refractivity contribution in [3.05, 3.63) is 0 Å². The first-order valence-electron chi connectivity index (χ1n) is 7.44. The van der Waals surface area contributed by atoms with Crippen molar-refractivity contribution in [2.75, 3.05) is 26.8 Å². The smallest absolute Gasteiger partial charge is 0.0695 e. The van der Waals surface area contributed by atoms with Crippen LogP contribution in [0.4, 0.5) is 0 Å². The molecule has 1 saturated carbocycles. The Morgan fingerprint density at radius 1 is 1.33 bits per heavy atom. The Kier molecular flexibility index (Phi) is 4.68. The van der Waals surface area contributed by atoms with Crippen LogP contribution in [0, 0.1) is 11.3 Å². The minimum atomic E-state index is -0.146. The summed E-state index contributed by atoms with van der Waals surface area (Å²) in [6, 6.07) is 0.329. The summed E-state index contributed by atoms with van der Waals surface area (Å²) in [5.74, 6) is 0.654. The third kappa shape index (κ3) is 3.69. The van der Waals surface area contributed by atoms with Crippen molar-refractivity contribution in [1.82, 2.24) is 4.90 Å². The molecule has 106 valence electrons. The van der Waals surface area contributed by atoms with Gasteiger partial charge in [-0.25, -0.2) is 0 Å². The van der Waals surface area contributed by atoms with Crippen LogP contribution in [0.15, 0.2) is 0 Å². The molecule has 0 bridgehead atoms. The molecule has 1 aliphatic heterocycles. The lowest BCUT2D eigenvalue weighted by atomic mass is 9.73. The molecule has 1 N–H and O–H groups in total. The van der Waals surface area contributed by atoms with Crippen molar-refractivity contribution in [3.8, 4) is 0 Å². The highest BCUT2D eigenvalue weighted by Crippen LogP contribution is 2.37. The Hall–Kier alpha value is -0.120. The molecule has 0 radical (unpaired) electrons. The fraction of sp³-hybridized carbons (Fsp3) is 1.00. The van der Waals surface area contributed by atoms with Crippen molar-refractivity contribution in [2.45, 2.75) is 58.1 Å². The molecule has 0 amide bonds. The lowest BCUT2D eigenvalue weighted by Crippen LogP contribution is -2.49. The lowest BCUT2D eigenvalue weighted by Gasteiger charge is -2.43. The molecule has 3 heteroatoms. The summed E-state index contributed by atoms with van der Waals surface area (Å²) in [7, 11) is 2.17. The van der Waals surface area contributed by atoms with E-state index >= 15 is 0 Å². The first kappa shape index (κ1) is 14.3. The second-order valence-corrected chi connectivity index (χ2v) is 7.06. The summed E-state index contributed by atoms with van der Waals surface area (Å²) in [5.41, 5.74) is 0.376. The Balaban J connectivity index is 1.87. The Labute approximate surface area is 112 Å². The van der Waals surface area contributed by atoms with Gasteiger partial charge in [-0.05, 0) is 50.5 Å². The summed E-state index contributed by atoms with van der Waals surface area (Å²) >= 11 is 0. The second kappa shape index (κ2) is 5.89. The Morgan fingerprint density at radius 2 is 2.11 bits per heavy atom. The maximum Gasteiger partial charge on any atom is 0.0695 e. The SMILES string of the molecule is CN(CC1CCCOC1)C1CC(C)(C)CCC1O. The van der Waals surface area contributed by atoms with Gasteiger partial charge in [-0.1, -0.05) is 13.8 Å². The molecule has 0 aromatic carbocycles. The number of likely N-dealkylation sites (N-methyl/N-ethyl adjacent to an activating group) is 1. The third-order valence-corrected chi connectivity index (χ3v) is 4.69. The van der Waals surface area contributed by atoms with Crippen LogP contribution in [-0.4, -0.2) is 49.0 Å². The highest BCUT2D eigenvalue weighted by molar-refractivity contribution is 4.90. The summed E-state index contributed by atoms with van der Waals surface area (Å²) in [5, 5.41) is 10.2. The highest BCUT2D eigenvalue weighted by atomic mass is 16.5. The topological polar surface area (TPSA) is 32.7 Å². The van der Waals surface area contributed by atoms with E-state index in [0.717, 1.165) is 39.0 Å². The summed E-state index contributed by atoms with van der Waals surface area (Å²) in [6.45, 7) is 7.54. The average molecular weight is 255 g/mol. The largest absolute Gasteiger partial charge is 0.391 e. The molecule has 1 aliphatic carbocycles. The molecule has 1 saturated heterocycles. The second-order valence-electron chi connectivity index (χ2n) is 7.06. The predicted octanol–water partition coefficient (Wildman–Crippen LogP) is 2.28. The van der Waals surface area contributed by atoms with E-state index in [9.17, 15) is 5.11 Å². The zero-order valence-electron chi connectivity index (χ0n) is 12.2. The molecule has 3 atom stereocenters. The number of rotatable bonds is 3. The lowest BCUT2D eigenvalue weighted by molar-refractivity contribution is -0.0254. The van der Waals surface area contributed by atoms with Gasteiger partial charge in [0.2, 0.25) is 0 Å². The van der Waals surface area contributed by atoms with Crippen molar-refractivity contribution in [2.24, 2.45) is 11.3 Å². The fourth-order valence-electron chi connectivity index (χ4n) is 3.48. The van der Waals surface area contributed by atoms with Gasteiger partial charge in [0.25, 0.3) is 0 Å². The summed E-state index contributed by atoms with van der Waals surface area (Å²) in [6.07, 6.45) is 5.52. The summed E-state index contributed by atoms with van der Waals surface area (Å²) in [4.78, 5) is 2.38. The van der Waals surface area contributed by atoms with Crippen molar-refractivity contribution < 1.29 is 9.84 Å². The monoisotopic (exact) mass is 255 g/mol. The van der Waals surface area contributed by atoms with Crippen LogP contribution in [0.25, 0.3) is 0 Å². The van der Waals surface area contributed by atoms with E-state index in [2.05, 4.69) is 25.8 Å². The number of ether oxygens (including phenoxy) is 1. The van der Waals surface area contributed by atoms with Gasteiger partial charge in [-0.3, -0.25) is 0 Å². The first-order valence-corrected chi connectivity index (χ1v) is 7.44. The predicted molar refractivity (Wildman–Crippen MR) is 73.6 cm³/mol. The fourth-order valence-corrected chi connectivity index (χ4v) is 3.48. The molecule has 0 aromatic rings. The van der Waals surface area contributed by atoms with E-state index in [1.807, 2.05) is 0 Å². The average Bonchev–Trinajstić information content (AvgIpc) is 2.33. The normalized spacial score (nSPS) is 36.8. The van der Waals surface area contributed by atoms with Crippen LogP contribution in [0.2, 0.25) is 0 Å². The van der Waals surface area contributed by atoms with Crippen LogP contribution >= 0.6 is 0 Å². The van der Waals surface area contributed by atoms with E-state index in [0.29, 0.717) is 17.4 Å². The van der Waals surface area contributed by atoms with Gasteiger partial charge >= 0.3 is 0 Å². The minimum absolute atomic E-state index is 0.146. The van der Waals surface area contributed by atoms with Gasteiger partial charge in [0.05, 0.1) is 12.7 Å².